The number of hydrogen-bond donors (Lipinski definition) is 1. The maximum absolute atomic E-state index is 9.25. The molecule has 0 aliphatic heterocycles. The van der Waals surface area contributed by atoms with Gasteiger partial charge in [0.25, 0.3) is 0 Å². The van der Waals surface area contributed by atoms with E-state index in [1.807, 2.05) is 6.20 Å². The molecular weight excluding hydrogens is 562 g/mol. The lowest BCUT2D eigenvalue weighted by atomic mass is 10.1. The van der Waals surface area contributed by atoms with Crippen molar-refractivity contribution in [2.75, 3.05) is 40.5 Å². The van der Waals surface area contributed by atoms with E-state index < -0.39 is 0 Å². The fraction of sp³-hybridized carbons (Fsp3) is 0.943. The fourth-order valence-corrected chi connectivity index (χ4v) is 5.37. The van der Waals surface area contributed by atoms with Crippen LogP contribution in [0, 0.1) is 0 Å². The Morgan fingerprint density at radius 3 is 1.27 bits per heavy atom. The van der Waals surface area contributed by atoms with E-state index in [2.05, 4.69) is 27.9 Å². The van der Waals surface area contributed by atoms with Crippen molar-refractivity contribution in [3.63, 3.8) is 0 Å². The zero-order valence-electron chi connectivity index (χ0n) is 27.6. The molecule has 0 fully saturated rings. The summed E-state index contributed by atoms with van der Waals surface area (Å²) >= 11 is 0. The number of hydrogen-bond acceptors (Lipinski definition) is 3. The quantitative estimate of drug-likeness (QED) is 0.0465. The summed E-state index contributed by atoms with van der Waals surface area (Å²) in [5.74, 6) is 0. The first-order valence-corrected chi connectivity index (χ1v) is 17.4. The van der Waals surface area contributed by atoms with Gasteiger partial charge in [0.05, 0.1) is 20.7 Å². The first-order chi connectivity index (χ1) is 19.1. The van der Waals surface area contributed by atoms with Gasteiger partial charge in [-0.05, 0) is 12.8 Å². The van der Waals surface area contributed by atoms with Crippen molar-refractivity contribution >= 4 is 0 Å². The van der Waals surface area contributed by atoms with E-state index in [9.17, 15) is 5.11 Å². The van der Waals surface area contributed by atoms with Crippen LogP contribution in [0.4, 0.5) is 0 Å². The molecule has 4 nitrogen and oxygen atoms in total. The minimum Gasteiger partial charge on any atom is -1.00 e. The van der Waals surface area contributed by atoms with Gasteiger partial charge < -0.3 is 31.6 Å². The summed E-state index contributed by atoms with van der Waals surface area (Å²) in [7, 11) is 4.19. The fourth-order valence-electron chi connectivity index (χ4n) is 5.37. The molecule has 0 aromatic carbocycles. The van der Waals surface area contributed by atoms with Crippen LogP contribution in [0.2, 0.25) is 0 Å². The zero-order chi connectivity index (χ0) is 28.7. The van der Waals surface area contributed by atoms with Crippen LogP contribution < -0.4 is 17.0 Å². The molecule has 0 heterocycles. The highest BCUT2D eigenvalue weighted by atomic mass is 79.9. The van der Waals surface area contributed by atoms with E-state index in [1.54, 1.807) is 0 Å². The van der Waals surface area contributed by atoms with E-state index in [0.29, 0.717) is 11.1 Å². The van der Waals surface area contributed by atoms with Crippen LogP contribution in [-0.2, 0) is 9.47 Å². The van der Waals surface area contributed by atoms with Crippen LogP contribution in [-0.4, -0.2) is 56.2 Å². The van der Waals surface area contributed by atoms with Gasteiger partial charge in [0.15, 0.2) is 0 Å². The second-order valence-electron chi connectivity index (χ2n) is 12.6. The van der Waals surface area contributed by atoms with Crippen molar-refractivity contribution in [3.8, 4) is 0 Å². The molecule has 5 heteroatoms. The molecular formula is C35H72BrNO3. The van der Waals surface area contributed by atoms with E-state index >= 15 is 0 Å². The first-order valence-electron chi connectivity index (χ1n) is 17.4. The average Bonchev–Trinajstić information content (AvgIpc) is 2.91. The number of aliphatic hydroxyl groups is 1. The number of halogens is 1. The molecule has 0 aliphatic rings. The summed E-state index contributed by atoms with van der Waals surface area (Å²) < 4.78 is 12.9. The largest absolute Gasteiger partial charge is 1.00 e. The molecule has 0 rings (SSSR count). The standard InChI is InChI=1S/C35H71NO3.BrH/c1-5-7-9-11-13-15-17-19-21-23-25-27-31-38-34-35(33-36(3,4)29-30-37)39-32-28-26-24-22-20-18-16-14-12-10-8-6-2;/h29-30,35H,5-28,31-34H2,1-4H3;1H. The van der Waals surface area contributed by atoms with Crippen molar-refractivity contribution in [2.45, 2.75) is 174 Å². The van der Waals surface area contributed by atoms with Crippen LogP contribution in [0.3, 0.4) is 0 Å². The molecule has 0 radical (unpaired) electrons. The van der Waals surface area contributed by atoms with Crippen molar-refractivity contribution in [1.82, 2.24) is 0 Å². The van der Waals surface area contributed by atoms with Crippen LogP contribution >= 0.6 is 0 Å². The van der Waals surface area contributed by atoms with Gasteiger partial charge in [-0.25, -0.2) is 0 Å². The number of rotatable bonds is 32. The van der Waals surface area contributed by atoms with Gasteiger partial charge >= 0.3 is 0 Å². The van der Waals surface area contributed by atoms with Gasteiger partial charge in [-0.1, -0.05) is 155 Å². The number of nitrogens with zero attached hydrogens (tertiary/aromatic N) is 1. The molecule has 0 spiro atoms. The number of unbranched alkanes of at least 4 members (excludes halogenated alkanes) is 22. The van der Waals surface area contributed by atoms with Crippen molar-refractivity contribution in [3.05, 3.63) is 12.5 Å². The van der Waals surface area contributed by atoms with Gasteiger partial charge in [-0.2, -0.15) is 0 Å². The number of quaternary nitrogens is 1. The van der Waals surface area contributed by atoms with Crippen LogP contribution in [0.5, 0.6) is 0 Å². The van der Waals surface area contributed by atoms with Crippen LogP contribution in [0.1, 0.15) is 168 Å². The van der Waals surface area contributed by atoms with Crippen molar-refractivity contribution in [1.29, 1.82) is 0 Å². The van der Waals surface area contributed by atoms with E-state index in [1.165, 1.54) is 141 Å². The summed E-state index contributed by atoms with van der Waals surface area (Å²) in [6.45, 7) is 7.68. The molecule has 1 atom stereocenters. The number of ether oxygens (including phenoxy) is 2. The lowest BCUT2D eigenvalue weighted by Crippen LogP contribution is -3.00. The molecule has 242 valence electrons. The van der Waals surface area contributed by atoms with Crippen molar-refractivity contribution in [2.24, 2.45) is 0 Å². The molecule has 0 saturated heterocycles. The molecule has 40 heavy (non-hydrogen) atoms. The zero-order valence-corrected chi connectivity index (χ0v) is 29.2. The smallest absolute Gasteiger partial charge is 0.132 e. The molecule has 0 amide bonds. The van der Waals surface area contributed by atoms with E-state index in [4.69, 9.17) is 9.47 Å². The van der Waals surface area contributed by atoms with Crippen molar-refractivity contribution < 1.29 is 36.0 Å². The third-order valence-corrected chi connectivity index (χ3v) is 7.94. The highest BCUT2D eigenvalue weighted by molar-refractivity contribution is 4.64. The predicted octanol–water partition coefficient (Wildman–Crippen LogP) is 7.90. The van der Waals surface area contributed by atoms with E-state index in [0.717, 1.165) is 38.9 Å². The minimum absolute atomic E-state index is 0. The Morgan fingerprint density at radius 2 is 0.900 bits per heavy atom. The van der Waals surface area contributed by atoms with Crippen LogP contribution in [0.15, 0.2) is 12.5 Å². The third-order valence-electron chi connectivity index (χ3n) is 7.94. The molecule has 0 aromatic heterocycles. The maximum atomic E-state index is 9.25. The lowest BCUT2D eigenvalue weighted by molar-refractivity contribution is -0.843. The summed E-state index contributed by atoms with van der Waals surface area (Å²) in [5.41, 5.74) is 0. The van der Waals surface area contributed by atoms with Crippen LogP contribution in [0.25, 0.3) is 0 Å². The third kappa shape index (κ3) is 32.4. The van der Waals surface area contributed by atoms with Gasteiger partial charge in [-0.3, -0.25) is 4.48 Å². The Hall–Kier alpha value is -0.100. The van der Waals surface area contributed by atoms with E-state index in [-0.39, 0.29) is 23.1 Å². The Labute approximate surface area is 262 Å². The monoisotopic (exact) mass is 633 g/mol. The molecule has 1 unspecified atom stereocenters. The van der Waals surface area contributed by atoms with Gasteiger partial charge in [0.2, 0.25) is 0 Å². The normalized spacial score (nSPS) is 12.7. The summed E-state index contributed by atoms with van der Waals surface area (Å²) in [6, 6.07) is 0. The Kier molecular flexibility index (Phi) is 35.1. The maximum Gasteiger partial charge on any atom is 0.132 e. The molecule has 1 N–H and O–H groups in total. The Balaban J connectivity index is 0. The van der Waals surface area contributed by atoms with Gasteiger partial charge in [0, 0.05) is 13.2 Å². The number of likely N-dealkylation sites (N-methyl/N-ethyl adjacent to an activating group) is 1. The summed E-state index contributed by atoms with van der Waals surface area (Å²) in [5, 5.41) is 9.25. The molecule has 0 saturated carbocycles. The molecule has 0 aromatic rings. The predicted molar refractivity (Wildman–Crippen MR) is 171 cm³/mol. The SMILES string of the molecule is CCCCCCCCCCCCCCOCC(C[N+](C)(C)C=CO)OCCCCCCCCCCCCCC.[Br-]. The summed E-state index contributed by atoms with van der Waals surface area (Å²) in [4.78, 5) is 0. The highest BCUT2D eigenvalue weighted by Gasteiger charge is 2.21. The summed E-state index contributed by atoms with van der Waals surface area (Å²) in [6.07, 6.45) is 35.8. The van der Waals surface area contributed by atoms with Gasteiger partial charge in [-0.15, -0.1) is 0 Å². The molecule has 0 aliphatic carbocycles. The Bertz CT molecular complexity index is 501. The first kappa shape index (κ1) is 42.0. The van der Waals surface area contributed by atoms with Gasteiger partial charge in [0.1, 0.15) is 25.1 Å². The Morgan fingerprint density at radius 1 is 0.550 bits per heavy atom. The second kappa shape index (κ2) is 33.4. The average molecular weight is 635 g/mol. The topological polar surface area (TPSA) is 38.7 Å². The lowest BCUT2D eigenvalue weighted by Gasteiger charge is -2.29. The number of aliphatic hydroxyl groups excluding tert-OH is 1. The second-order valence-corrected chi connectivity index (χ2v) is 12.6. The minimum atomic E-state index is 0. The molecule has 0 bridgehead atoms. The highest BCUT2D eigenvalue weighted by Crippen LogP contribution is 2.14.